The van der Waals surface area contributed by atoms with Crippen LogP contribution in [0.3, 0.4) is 0 Å². The van der Waals surface area contributed by atoms with Crippen molar-refractivity contribution >= 4 is 31.9 Å². The minimum atomic E-state index is -3.68. The number of aromatic carboxylic acids is 1. The Bertz CT molecular complexity index is 586. The van der Waals surface area contributed by atoms with Crippen molar-refractivity contribution in [2.24, 2.45) is 0 Å². The fraction of sp³-hybridized carbons (Fsp3) is 0.462. The molecule has 0 unspecified atom stereocenters. The van der Waals surface area contributed by atoms with Crippen LogP contribution in [0.15, 0.2) is 27.6 Å². The van der Waals surface area contributed by atoms with E-state index in [1.165, 1.54) is 29.6 Å². The van der Waals surface area contributed by atoms with Crippen LogP contribution < -0.4 is 0 Å². The van der Waals surface area contributed by atoms with Gasteiger partial charge in [0.1, 0.15) is 0 Å². The number of sulfonamides is 1. The predicted octanol–water partition coefficient (Wildman–Crippen LogP) is 2.96. The molecule has 7 heteroatoms. The third-order valence-electron chi connectivity index (χ3n) is 2.94. The smallest absolute Gasteiger partial charge is 0.335 e. The molecule has 1 aromatic carbocycles. The van der Waals surface area contributed by atoms with Crippen LogP contribution >= 0.6 is 15.9 Å². The molecular formula is C13H18BrNO4S. The zero-order valence-electron chi connectivity index (χ0n) is 11.5. The van der Waals surface area contributed by atoms with Gasteiger partial charge in [-0.15, -0.1) is 0 Å². The molecule has 0 atom stereocenters. The average Bonchev–Trinajstić information content (AvgIpc) is 2.38. The van der Waals surface area contributed by atoms with E-state index in [0.29, 0.717) is 11.0 Å². The Morgan fingerprint density at radius 3 is 2.55 bits per heavy atom. The maximum atomic E-state index is 12.4. The first-order valence-corrected chi connectivity index (χ1v) is 8.53. The first-order valence-electron chi connectivity index (χ1n) is 6.30. The molecule has 0 aliphatic heterocycles. The highest BCUT2D eigenvalue weighted by Crippen LogP contribution is 2.26. The lowest BCUT2D eigenvalue weighted by Crippen LogP contribution is -2.28. The summed E-state index contributed by atoms with van der Waals surface area (Å²) in [5, 5.41) is 8.95. The van der Waals surface area contributed by atoms with Crippen molar-refractivity contribution in [2.45, 2.75) is 31.1 Å². The molecule has 0 aliphatic rings. The number of benzene rings is 1. The summed E-state index contributed by atoms with van der Waals surface area (Å²) >= 11 is 3.17. The van der Waals surface area contributed by atoms with Crippen LogP contribution in [0.1, 0.15) is 36.5 Å². The molecule has 112 valence electrons. The SMILES string of the molecule is CCCCCN(C)S(=O)(=O)c1cc(C(=O)O)ccc1Br. The number of carboxylic acid groups (broad SMARTS) is 1. The van der Waals surface area contributed by atoms with Crippen LogP contribution in [0.2, 0.25) is 0 Å². The highest BCUT2D eigenvalue weighted by Gasteiger charge is 2.24. The first kappa shape index (κ1) is 17.1. The van der Waals surface area contributed by atoms with E-state index in [-0.39, 0.29) is 10.5 Å². The Labute approximate surface area is 127 Å². The van der Waals surface area contributed by atoms with Crippen LogP contribution in [0.5, 0.6) is 0 Å². The minimum Gasteiger partial charge on any atom is -0.478 e. The molecule has 0 aromatic heterocycles. The molecule has 0 fully saturated rings. The molecule has 1 rings (SSSR count). The fourth-order valence-electron chi connectivity index (χ4n) is 1.71. The van der Waals surface area contributed by atoms with Gasteiger partial charge in [0, 0.05) is 18.1 Å². The van der Waals surface area contributed by atoms with E-state index in [1.807, 2.05) is 6.92 Å². The second-order valence-corrected chi connectivity index (χ2v) is 7.35. The van der Waals surface area contributed by atoms with Crippen molar-refractivity contribution in [3.05, 3.63) is 28.2 Å². The Balaban J connectivity index is 3.08. The number of carbonyl (C=O) groups is 1. The standard InChI is InChI=1S/C13H18BrNO4S/c1-3-4-5-8-15(2)20(18,19)12-9-10(13(16)17)6-7-11(12)14/h6-7,9H,3-5,8H2,1-2H3,(H,16,17). The molecule has 0 heterocycles. The monoisotopic (exact) mass is 363 g/mol. The average molecular weight is 364 g/mol. The van der Waals surface area contributed by atoms with Gasteiger partial charge in [-0.05, 0) is 40.5 Å². The maximum Gasteiger partial charge on any atom is 0.335 e. The van der Waals surface area contributed by atoms with Crippen LogP contribution in [0, 0.1) is 0 Å². The molecular weight excluding hydrogens is 346 g/mol. The third kappa shape index (κ3) is 4.04. The Morgan fingerprint density at radius 1 is 1.35 bits per heavy atom. The van der Waals surface area contributed by atoms with Gasteiger partial charge < -0.3 is 5.11 Å². The highest BCUT2D eigenvalue weighted by molar-refractivity contribution is 9.10. The number of rotatable bonds is 7. The molecule has 0 saturated carbocycles. The summed E-state index contributed by atoms with van der Waals surface area (Å²) in [6.07, 6.45) is 2.74. The highest BCUT2D eigenvalue weighted by atomic mass is 79.9. The van der Waals surface area contributed by atoms with Gasteiger partial charge in [-0.1, -0.05) is 19.8 Å². The lowest BCUT2D eigenvalue weighted by Gasteiger charge is -2.18. The number of nitrogens with zero attached hydrogens (tertiary/aromatic N) is 1. The maximum absolute atomic E-state index is 12.4. The summed E-state index contributed by atoms with van der Waals surface area (Å²) in [5.41, 5.74) is -0.0475. The second-order valence-electron chi connectivity index (χ2n) is 4.48. The van der Waals surface area contributed by atoms with Gasteiger partial charge in [-0.3, -0.25) is 0 Å². The first-order chi connectivity index (χ1) is 9.30. The molecule has 20 heavy (non-hydrogen) atoms. The number of halogens is 1. The van der Waals surface area contributed by atoms with E-state index in [0.717, 1.165) is 19.3 Å². The molecule has 1 aromatic rings. The van der Waals surface area contributed by atoms with Crippen molar-refractivity contribution in [1.29, 1.82) is 0 Å². The molecule has 0 saturated heterocycles. The predicted molar refractivity (Wildman–Crippen MR) is 80.4 cm³/mol. The van der Waals surface area contributed by atoms with Gasteiger partial charge in [0.2, 0.25) is 10.0 Å². The van der Waals surface area contributed by atoms with Gasteiger partial charge in [0.25, 0.3) is 0 Å². The summed E-state index contributed by atoms with van der Waals surface area (Å²) in [6, 6.07) is 3.98. The summed E-state index contributed by atoms with van der Waals surface area (Å²) in [4.78, 5) is 10.9. The number of hydrogen-bond acceptors (Lipinski definition) is 3. The third-order valence-corrected chi connectivity index (χ3v) is 5.79. The van der Waals surface area contributed by atoms with Gasteiger partial charge in [-0.2, -0.15) is 0 Å². The molecule has 5 nitrogen and oxygen atoms in total. The molecule has 0 radical (unpaired) electrons. The van der Waals surface area contributed by atoms with Gasteiger partial charge in [-0.25, -0.2) is 17.5 Å². The second kappa shape index (κ2) is 7.19. The molecule has 1 N–H and O–H groups in total. The quantitative estimate of drug-likeness (QED) is 0.755. The summed E-state index contributed by atoms with van der Waals surface area (Å²) < 4.78 is 26.5. The van der Waals surface area contributed by atoms with Crippen LogP contribution in [0.4, 0.5) is 0 Å². The molecule has 0 spiro atoms. The topological polar surface area (TPSA) is 74.7 Å². The van der Waals surface area contributed by atoms with E-state index < -0.39 is 16.0 Å². The zero-order chi connectivity index (χ0) is 15.3. The normalized spacial score (nSPS) is 11.8. The van der Waals surface area contributed by atoms with E-state index in [9.17, 15) is 13.2 Å². The van der Waals surface area contributed by atoms with Gasteiger partial charge >= 0.3 is 5.97 Å². The minimum absolute atomic E-state index is 0.0172. The largest absolute Gasteiger partial charge is 0.478 e. The number of unbranched alkanes of at least 4 members (excludes halogenated alkanes) is 2. The molecule has 0 bridgehead atoms. The Hall–Kier alpha value is -0.920. The lowest BCUT2D eigenvalue weighted by molar-refractivity contribution is 0.0696. The summed E-state index contributed by atoms with van der Waals surface area (Å²) in [6.45, 7) is 2.46. The Kier molecular flexibility index (Phi) is 6.16. The van der Waals surface area contributed by atoms with Crippen molar-refractivity contribution in [3.63, 3.8) is 0 Å². The zero-order valence-corrected chi connectivity index (χ0v) is 13.9. The van der Waals surface area contributed by atoms with E-state index >= 15 is 0 Å². The van der Waals surface area contributed by atoms with Gasteiger partial charge in [0.15, 0.2) is 0 Å². The summed E-state index contributed by atoms with van der Waals surface area (Å²) in [7, 11) is -2.18. The Morgan fingerprint density at radius 2 is 2.00 bits per heavy atom. The van der Waals surface area contributed by atoms with Crippen molar-refractivity contribution in [1.82, 2.24) is 4.31 Å². The molecule has 0 amide bonds. The van der Waals surface area contributed by atoms with Crippen molar-refractivity contribution in [2.75, 3.05) is 13.6 Å². The number of hydrogen-bond donors (Lipinski definition) is 1. The van der Waals surface area contributed by atoms with E-state index in [2.05, 4.69) is 15.9 Å². The lowest BCUT2D eigenvalue weighted by atomic mass is 10.2. The fourth-order valence-corrected chi connectivity index (χ4v) is 3.86. The van der Waals surface area contributed by atoms with Crippen LogP contribution in [-0.2, 0) is 10.0 Å². The molecule has 0 aliphatic carbocycles. The van der Waals surface area contributed by atoms with Crippen LogP contribution in [0.25, 0.3) is 0 Å². The van der Waals surface area contributed by atoms with Crippen molar-refractivity contribution in [3.8, 4) is 0 Å². The van der Waals surface area contributed by atoms with Crippen LogP contribution in [-0.4, -0.2) is 37.4 Å². The van der Waals surface area contributed by atoms with Crippen molar-refractivity contribution < 1.29 is 18.3 Å². The number of carboxylic acids is 1. The van der Waals surface area contributed by atoms with Gasteiger partial charge in [0.05, 0.1) is 10.5 Å². The van der Waals surface area contributed by atoms with E-state index in [4.69, 9.17) is 5.11 Å². The van der Waals surface area contributed by atoms with E-state index in [1.54, 1.807) is 0 Å². The summed E-state index contributed by atoms with van der Waals surface area (Å²) in [5.74, 6) is -1.15.